The molecule has 0 aromatic heterocycles. The van der Waals surface area contributed by atoms with Crippen molar-refractivity contribution in [1.82, 2.24) is 10.2 Å². The smallest absolute Gasteiger partial charge is 0.254 e. The van der Waals surface area contributed by atoms with Gasteiger partial charge in [-0.3, -0.25) is 15.1 Å². The number of hydrogen-bond donors (Lipinski definition) is 2. The fraction of sp³-hybridized carbons (Fsp3) is 0.500. The zero-order valence-electron chi connectivity index (χ0n) is 12.7. The van der Waals surface area contributed by atoms with Crippen molar-refractivity contribution in [2.24, 2.45) is 5.92 Å². The first kappa shape index (κ1) is 15.8. The van der Waals surface area contributed by atoms with Crippen molar-refractivity contribution in [3.63, 3.8) is 0 Å². The third-order valence-electron chi connectivity index (χ3n) is 3.71. The minimum atomic E-state index is -0.653. The van der Waals surface area contributed by atoms with E-state index < -0.39 is 5.54 Å². The number of hydrogen-bond acceptors (Lipinski definition) is 2. The lowest BCUT2D eigenvalue weighted by atomic mass is 9.91. The number of guanidine groups is 1. The number of carbonyl (C=O) groups is 1. The maximum atomic E-state index is 12.6. The molecule has 2 rings (SSSR count). The minimum absolute atomic E-state index is 0.0109. The Morgan fingerprint density at radius 2 is 2.14 bits per heavy atom. The number of rotatable bonds is 5. The van der Waals surface area contributed by atoms with Crippen LogP contribution in [0.15, 0.2) is 24.3 Å². The average Bonchev–Trinajstić information content (AvgIpc) is 2.57. The molecule has 1 aromatic carbocycles. The van der Waals surface area contributed by atoms with Gasteiger partial charge >= 0.3 is 0 Å². The van der Waals surface area contributed by atoms with Crippen molar-refractivity contribution in [2.45, 2.75) is 39.2 Å². The van der Waals surface area contributed by atoms with Crippen LogP contribution in [0.5, 0.6) is 0 Å². The summed E-state index contributed by atoms with van der Waals surface area (Å²) < 4.78 is 0. The van der Waals surface area contributed by atoms with Crippen LogP contribution in [0.2, 0.25) is 5.02 Å². The van der Waals surface area contributed by atoms with E-state index in [-0.39, 0.29) is 11.9 Å². The maximum Gasteiger partial charge on any atom is 0.254 e. The number of halogens is 1. The van der Waals surface area contributed by atoms with Crippen LogP contribution in [0.3, 0.4) is 0 Å². The first-order valence-corrected chi connectivity index (χ1v) is 7.63. The van der Waals surface area contributed by atoms with Gasteiger partial charge in [-0.15, -0.1) is 0 Å². The molecule has 0 spiro atoms. The van der Waals surface area contributed by atoms with E-state index in [1.807, 2.05) is 31.2 Å². The van der Waals surface area contributed by atoms with E-state index in [4.69, 9.17) is 17.0 Å². The molecule has 21 heavy (non-hydrogen) atoms. The summed E-state index contributed by atoms with van der Waals surface area (Å²) in [4.78, 5) is 14.1. The molecular weight excluding hydrogens is 286 g/mol. The van der Waals surface area contributed by atoms with Gasteiger partial charge in [0.05, 0.1) is 0 Å². The Morgan fingerprint density at radius 3 is 2.76 bits per heavy atom. The van der Waals surface area contributed by atoms with E-state index in [0.29, 0.717) is 23.9 Å². The highest BCUT2D eigenvalue weighted by Gasteiger charge is 2.45. The Morgan fingerprint density at radius 1 is 1.43 bits per heavy atom. The van der Waals surface area contributed by atoms with Gasteiger partial charge in [0.25, 0.3) is 5.91 Å². The number of amides is 1. The summed E-state index contributed by atoms with van der Waals surface area (Å²) in [5.74, 6) is 0.584. The summed E-state index contributed by atoms with van der Waals surface area (Å²) in [6, 6.07) is 7.61. The van der Waals surface area contributed by atoms with Crippen molar-refractivity contribution < 1.29 is 4.79 Å². The number of nitrogens with zero attached hydrogens (tertiary/aromatic N) is 1. The van der Waals surface area contributed by atoms with Crippen LogP contribution in [-0.2, 0) is 11.2 Å². The lowest BCUT2D eigenvalue weighted by Gasteiger charge is -2.24. The van der Waals surface area contributed by atoms with Crippen molar-refractivity contribution >= 4 is 23.5 Å². The second kappa shape index (κ2) is 6.06. The van der Waals surface area contributed by atoms with Crippen LogP contribution < -0.4 is 5.32 Å². The molecular formula is C16H22ClN3O. The van der Waals surface area contributed by atoms with Crippen LogP contribution in [-0.4, -0.2) is 28.9 Å². The summed E-state index contributed by atoms with van der Waals surface area (Å²) in [6.45, 7) is 6.54. The molecule has 1 amide bonds. The lowest BCUT2D eigenvalue weighted by molar-refractivity contribution is -0.131. The molecule has 2 N–H and O–H groups in total. The van der Waals surface area contributed by atoms with Gasteiger partial charge in [-0.05, 0) is 43.4 Å². The summed E-state index contributed by atoms with van der Waals surface area (Å²) in [6.07, 6.45) is 1.41. The Hall–Kier alpha value is -1.55. The molecule has 1 aromatic rings. The van der Waals surface area contributed by atoms with Gasteiger partial charge in [-0.2, -0.15) is 0 Å². The highest BCUT2D eigenvalue weighted by atomic mass is 35.5. The Labute approximate surface area is 131 Å². The Bertz CT molecular complexity index is 558. The van der Waals surface area contributed by atoms with E-state index in [9.17, 15) is 4.79 Å². The molecule has 0 aliphatic carbocycles. The van der Waals surface area contributed by atoms with E-state index in [1.165, 1.54) is 4.90 Å². The monoisotopic (exact) mass is 307 g/mol. The van der Waals surface area contributed by atoms with Gasteiger partial charge in [0.15, 0.2) is 5.96 Å². The predicted molar refractivity (Wildman–Crippen MR) is 85.6 cm³/mol. The van der Waals surface area contributed by atoms with Crippen molar-refractivity contribution in [2.75, 3.05) is 6.54 Å². The molecule has 1 aliphatic rings. The Balaban J connectivity index is 2.04. The van der Waals surface area contributed by atoms with Crippen molar-refractivity contribution in [1.29, 1.82) is 5.41 Å². The van der Waals surface area contributed by atoms with Crippen LogP contribution in [0.25, 0.3) is 0 Å². The molecule has 0 saturated carbocycles. The van der Waals surface area contributed by atoms with Gasteiger partial charge in [-0.1, -0.05) is 37.6 Å². The van der Waals surface area contributed by atoms with Crippen LogP contribution in [0, 0.1) is 11.3 Å². The molecule has 114 valence electrons. The number of nitrogens with one attached hydrogen (secondary N) is 2. The molecule has 1 fully saturated rings. The molecule has 1 unspecified atom stereocenters. The number of carbonyl (C=O) groups excluding carboxylic acids is 1. The first-order valence-electron chi connectivity index (χ1n) is 7.25. The molecule has 0 bridgehead atoms. The van der Waals surface area contributed by atoms with E-state index in [2.05, 4.69) is 19.2 Å². The quantitative estimate of drug-likeness (QED) is 0.878. The summed E-state index contributed by atoms with van der Waals surface area (Å²) in [7, 11) is 0. The topological polar surface area (TPSA) is 56.2 Å². The van der Waals surface area contributed by atoms with Crippen LogP contribution >= 0.6 is 11.6 Å². The first-order chi connectivity index (χ1) is 9.82. The second-order valence-corrected chi connectivity index (χ2v) is 6.68. The van der Waals surface area contributed by atoms with Gasteiger partial charge in [0, 0.05) is 11.6 Å². The van der Waals surface area contributed by atoms with Gasteiger partial charge in [0.2, 0.25) is 0 Å². The molecule has 1 aliphatic heterocycles. The molecule has 5 heteroatoms. The molecule has 1 atom stereocenters. The maximum absolute atomic E-state index is 12.6. The predicted octanol–water partition coefficient (Wildman–Crippen LogP) is 3.05. The second-order valence-electron chi connectivity index (χ2n) is 6.24. The highest BCUT2D eigenvalue weighted by molar-refractivity contribution is 6.30. The highest BCUT2D eigenvalue weighted by Crippen LogP contribution is 2.25. The lowest BCUT2D eigenvalue weighted by Crippen LogP contribution is -2.45. The molecule has 4 nitrogen and oxygen atoms in total. The van der Waals surface area contributed by atoms with Gasteiger partial charge in [0.1, 0.15) is 5.54 Å². The van der Waals surface area contributed by atoms with Crippen LogP contribution in [0.1, 0.15) is 32.8 Å². The largest absolute Gasteiger partial charge is 0.342 e. The third kappa shape index (κ3) is 3.56. The minimum Gasteiger partial charge on any atom is -0.342 e. The third-order valence-corrected chi connectivity index (χ3v) is 3.95. The van der Waals surface area contributed by atoms with Crippen LogP contribution in [0.4, 0.5) is 0 Å². The molecule has 0 radical (unpaired) electrons. The molecule has 1 heterocycles. The SMILES string of the molecule is CC(C)CC1(C)NC(=N)N(CCc2cccc(Cl)c2)C1=O. The zero-order chi connectivity index (χ0) is 15.6. The van der Waals surface area contributed by atoms with Gasteiger partial charge < -0.3 is 5.32 Å². The normalized spacial score (nSPS) is 22.0. The fourth-order valence-electron chi connectivity index (χ4n) is 2.88. The Kier molecular flexibility index (Phi) is 4.57. The van der Waals surface area contributed by atoms with Gasteiger partial charge in [-0.25, -0.2) is 0 Å². The van der Waals surface area contributed by atoms with E-state index in [1.54, 1.807) is 0 Å². The summed E-state index contributed by atoms with van der Waals surface area (Å²) in [5, 5.41) is 11.7. The average molecular weight is 308 g/mol. The standard InChI is InChI=1S/C16H22ClN3O/c1-11(2)10-16(3)14(21)20(15(18)19-16)8-7-12-5-4-6-13(17)9-12/h4-6,9,11H,7-8,10H2,1-3H3,(H2,18,19). The van der Waals surface area contributed by atoms with E-state index >= 15 is 0 Å². The van der Waals surface area contributed by atoms with E-state index in [0.717, 1.165) is 12.0 Å². The summed E-state index contributed by atoms with van der Waals surface area (Å²) >= 11 is 5.97. The summed E-state index contributed by atoms with van der Waals surface area (Å²) in [5.41, 5.74) is 0.417. The van der Waals surface area contributed by atoms with Crippen molar-refractivity contribution in [3.05, 3.63) is 34.9 Å². The number of benzene rings is 1. The van der Waals surface area contributed by atoms with Crippen molar-refractivity contribution in [3.8, 4) is 0 Å². The fourth-order valence-corrected chi connectivity index (χ4v) is 3.10. The molecule has 1 saturated heterocycles. The zero-order valence-corrected chi connectivity index (χ0v) is 13.5.